The molecule has 0 atom stereocenters. The molecule has 32 heavy (non-hydrogen) atoms. The van der Waals surface area contributed by atoms with Crippen molar-refractivity contribution < 1.29 is 22.0 Å². The number of anilines is 1. The Labute approximate surface area is 184 Å². The lowest BCUT2D eigenvalue weighted by atomic mass is 10.1. The lowest BCUT2D eigenvalue weighted by Gasteiger charge is -2.30. The summed E-state index contributed by atoms with van der Waals surface area (Å²) in [7, 11) is -4.10. The van der Waals surface area contributed by atoms with Crippen molar-refractivity contribution in [3.8, 4) is 0 Å². The molecule has 3 aromatic rings. The van der Waals surface area contributed by atoms with E-state index in [9.17, 15) is 22.0 Å². The van der Waals surface area contributed by atoms with E-state index in [0.717, 1.165) is 4.31 Å². The number of para-hydroxylation sites is 1. The maximum atomic E-state index is 13.5. The van der Waals surface area contributed by atoms with E-state index in [1.165, 1.54) is 10.5 Å². The standard InChI is InChI=1S/C21H23F2N5O3S/c1-14(2)17-19(32(30,31)27-12-9-21(22,23)10-13-27)26-20-25-16(8-11-28(17)20)18(29)24-15-6-4-3-5-7-15/h3-8,11,14H,9-10,12-13H2,1-2H3,(H,24,29). The number of amides is 1. The summed E-state index contributed by atoms with van der Waals surface area (Å²) in [5.74, 6) is -3.52. The molecule has 170 valence electrons. The van der Waals surface area contributed by atoms with Gasteiger partial charge in [-0.05, 0) is 24.1 Å². The maximum absolute atomic E-state index is 13.5. The Morgan fingerprint density at radius 3 is 2.38 bits per heavy atom. The highest BCUT2D eigenvalue weighted by Gasteiger charge is 2.40. The van der Waals surface area contributed by atoms with Crippen LogP contribution in [0.5, 0.6) is 0 Å². The molecule has 0 spiro atoms. The van der Waals surface area contributed by atoms with Gasteiger partial charge in [0.15, 0.2) is 5.03 Å². The molecule has 0 saturated carbocycles. The van der Waals surface area contributed by atoms with Gasteiger partial charge in [-0.3, -0.25) is 9.20 Å². The van der Waals surface area contributed by atoms with E-state index in [4.69, 9.17) is 0 Å². The normalized spacial score (nSPS) is 17.0. The summed E-state index contributed by atoms with van der Waals surface area (Å²) in [5.41, 5.74) is 1.05. The Balaban J connectivity index is 1.70. The van der Waals surface area contributed by atoms with Crippen LogP contribution in [0.3, 0.4) is 0 Å². The van der Waals surface area contributed by atoms with Crippen molar-refractivity contribution in [3.63, 3.8) is 0 Å². The number of sulfonamides is 1. The average molecular weight is 464 g/mol. The van der Waals surface area contributed by atoms with Gasteiger partial charge in [0, 0.05) is 37.8 Å². The van der Waals surface area contributed by atoms with Crippen LogP contribution in [0.1, 0.15) is 48.8 Å². The average Bonchev–Trinajstić information content (AvgIpc) is 3.14. The van der Waals surface area contributed by atoms with Gasteiger partial charge in [0.1, 0.15) is 5.69 Å². The van der Waals surface area contributed by atoms with E-state index in [2.05, 4.69) is 15.3 Å². The fourth-order valence-electron chi connectivity index (χ4n) is 3.66. The molecular weight excluding hydrogens is 440 g/mol. The first-order valence-corrected chi connectivity index (χ1v) is 11.7. The topological polar surface area (TPSA) is 96.7 Å². The number of carbonyl (C=O) groups excluding carboxylic acids is 1. The fourth-order valence-corrected chi connectivity index (χ4v) is 5.37. The lowest BCUT2D eigenvalue weighted by Crippen LogP contribution is -2.43. The smallest absolute Gasteiger partial charge is 0.274 e. The van der Waals surface area contributed by atoms with Gasteiger partial charge in [0.2, 0.25) is 5.78 Å². The van der Waals surface area contributed by atoms with Gasteiger partial charge in [-0.15, -0.1) is 0 Å². The van der Waals surface area contributed by atoms with Crippen LogP contribution in [0.25, 0.3) is 5.78 Å². The zero-order valence-corrected chi connectivity index (χ0v) is 18.4. The number of piperidine rings is 1. The zero-order valence-electron chi connectivity index (χ0n) is 17.6. The number of halogens is 2. The molecule has 8 nitrogen and oxygen atoms in total. The van der Waals surface area contributed by atoms with Gasteiger partial charge in [0.05, 0.1) is 5.69 Å². The molecule has 1 aliphatic rings. The molecule has 1 saturated heterocycles. The van der Waals surface area contributed by atoms with Gasteiger partial charge in [-0.25, -0.2) is 22.2 Å². The summed E-state index contributed by atoms with van der Waals surface area (Å²) in [6.07, 6.45) is 0.491. The van der Waals surface area contributed by atoms with E-state index in [-0.39, 0.29) is 35.5 Å². The molecular formula is C21H23F2N5O3S. The van der Waals surface area contributed by atoms with Crippen molar-refractivity contribution in [1.82, 2.24) is 18.7 Å². The summed E-state index contributed by atoms with van der Waals surface area (Å²) in [5, 5.41) is 2.50. The number of hydrogen-bond donors (Lipinski definition) is 1. The van der Waals surface area contributed by atoms with Gasteiger partial charge < -0.3 is 5.32 Å². The molecule has 11 heteroatoms. The van der Waals surface area contributed by atoms with E-state index >= 15 is 0 Å². The van der Waals surface area contributed by atoms with Crippen LogP contribution < -0.4 is 5.32 Å². The first-order valence-electron chi connectivity index (χ1n) is 10.2. The van der Waals surface area contributed by atoms with Crippen molar-refractivity contribution in [1.29, 1.82) is 0 Å². The minimum atomic E-state index is -4.10. The molecule has 4 rings (SSSR count). The Hall–Kier alpha value is -2.92. The van der Waals surface area contributed by atoms with Crippen LogP contribution >= 0.6 is 0 Å². The number of hydrogen-bond acceptors (Lipinski definition) is 5. The van der Waals surface area contributed by atoms with Crippen molar-refractivity contribution in [2.45, 2.75) is 43.6 Å². The number of alkyl halides is 2. The molecule has 3 heterocycles. The molecule has 0 bridgehead atoms. The SMILES string of the molecule is CC(C)c1c(S(=O)(=O)N2CCC(F)(F)CC2)nc2nc(C(=O)Nc3ccccc3)ccn12. The Morgan fingerprint density at radius 2 is 1.75 bits per heavy atom. The second-order valence-corrected chi connectivity index (χ2v) is 9.87. The minimum absolute atomic E-state index is 0.0512. The second kappa shape index (κ2) is 8.21. The summed E-state index contributed by atoms with van der Waals surface area (Å²) in [6.45, 7) is 3.06. The third-order valence-electron chi connectivity index (χ3n) is 5.35. The van der Waals surface area contributed by atoms with Crippen LogP contribution in [-0.2, 0) is 10.0 Å². The first kappa shape index (κ1) is 22.3. The third-order valence-corrected chi connectivity index (χ3v) is 7.18. The van der Waals surface area contributed by atoms with Crippen molar-refractivity contribution in [2.24, 2.45) is 0 Å². The van der Waals surface area contributed by atoms with Gasteiger partial charge >= 0.3 is 0 Å². The van der Waals surface area contributed by atoms with Gasteiger partial charge in [0.25, 0.3) is 21.9 Å². The van der Waals surface area contributed by atoms with Crippen LogP contribution in [0.2, 0.25) is 0 Å². The molecule has 2 aromatic heterocycles. The molecule has 0 radical (unpaired) electrons. The molecule has 1 amide bonds. The van der Waals surface area contributed by atoms with E-state index in [1.807, 2.05) is 19.9 Å². The van der Waals surface area contributed by atoms with Crippen LogP contribution in [-0.4, -0.2) is 52.0 Å². The number of rotatable bonds is 5. The largest absolute Gasteiger partial charge is 0.321 e. The molecule has 1 aliphatic heterocycles. The van der Waals surface area contributed by atoms with Crippen molar-refractivity contribution in [2.75, 3.05) is 18.4 Å². The number of fused-ring (bicyclic) bond motifs is 1. The molecule has 1 N–H and O–H groups in total. The van der Waals surface area contributed by atoms with E-state index in [1.54, 1.807) is 30.5 Å². The summed E-state index contributed by atoms with van der Waals surface area (Å²) < 4.78 is 56.1. The van der Waals surface area contributed by atoms with Crippen LogP contribution in [0.15, 0.2) is 47.6 Å². The number of aromatic nitrogens is 3. The number of benzene rings is 1. The van der Waals surface area contributed by atoms with Crippen LogP contribution in [0.4, 0.5) is 14.5 Å². The van der Waals surface area contributed by atoms with Crippen LogP contribution in [0, 0.1) is 0 Å². The Bertz CT molecular complexity index is 1250. The zero-order chi connectivity index (χ0) is 23.1. The Morgan fingerprint density at radius 1 is 1.09 bits per heavy atom. The van der Waals surface area contributed by atoms with Crippen molar-refractivity contribution in [3.05, 3.63) is 54.0 Å². The fraction of sp³-hybridized carbons (Fsp3) is 0.381. The molecule has 1 fully saturated rings. The number of nitrogens with zero attached hydrogens (tertiary/aromatic N) is 4. The molecule has 0 aliphatic carbocycles. The summed E-state index contributed by atoms with van der Waals surface area (Å²) in [6, 6.07) is 10.3. The summed E-state index contributed by atoms with van der Waals surface area (Å²) >= 11 is 0. The first-order chi connectivity index (χ1) is 15.1. The molecule has 1 aromatic carbocycles. The molecule has 0 unspecified atom stereocenters. The Kier molecular flexibility index (Phi) is 5.72. The number of imidazole rings is 1. The van der Waals surface area contributed by atoms with Gasteiger partial charge in [-0.1, -0.05) is 32.0 Å². The monoisotopic (exact) mass is 463 g/mol. The van der Waals surface area contributed by atoms with E-state index in [0.29, 0.717) is 11.4 Å². The highest BCUT2D eigenvalue weighted by molar-refractivity contribution is 7.89. The predicted octanol–water partition coefficient (Wildman–Crippen LogP) is 3.52. The lowest BCUT2D eigenvalue weighted by molar-refractivity contribution is -0.0412. The van der Waals surface area contributed by atoms with Gasteiger partial charge in [-0.2, -0.15) is 9.29 Å². The number of carbonyl (C=O) groups is 1. The third kappa shape index (κ3) is 4.22. The highest BCUT2D eigenvalue weighted by Crippen LogP contribution is 2.33. The minimum Gasteiger partial charge on any atom is -0.321 e. The van der Waals surface area contributed by atoms with E-state index < -0.39 is 34.7 Å². The highest BCUT2D eigenvalue weighted by atomic mass is 32.2. The quantitative estimate of drug-likeness (QED) is 0.625. The maximum Gasteiger partial charge on any atom is 0.274 e. The predicted molar refractivity (Wildman–Crippen MR) is 114 cm³/mol. The second-order valence-electron chi connectivity index (χ2n) is 8.02. The summed E-state index contributed by atoms with van der Waals surface area (Å²) in [4.78, 5) is 21.1. The number of nitrogens with one attached hydrogen (secondary N) is 1. The van der Waals surface area contributed by atoms with Crippen molar-refractivity contribution >= 4 is 27.4 Å².